The zero-order valence-corrected chi connectivity index (χ0v) is 13.3. The molecule has 0 radical (unpaired) electrons. The van der Waals surface area contributed by atoms with Gasteiger partial charge in [0.05, 0.1) is 17.8 Å². The van der Waals surface area contributed by atoms with Crippen LogP contribution in [0.25, 0.3) is 0 Å². The van der Waals surface area contributed by atoms with E-state index in [1.807, 2.05) is 30.1 Å². The van der Waals surface area contributed by atoms with Gasteiger partial charge >= 0.3 is 0 Å². The number of aryl methyl sites for hydroxylation is 1. The topological polar surface area (TPSA) is 39.1 Å². The van der Waals surface area contributed by atoms with Crippen molar-refractivity contribution in [2.45, 2.75) is 39.3 Å². The van der Waals surface area contributed by atoms with Gasteiger partial charge in [-0.1, -0.05) is 25.1 Å². The zero-order valence-electron chi connectivity index (χ0n) is 13.3. The van der Waals surface area contributed by atoms with Gasteiger partial charge in [0, 0.05) is 18.8 Å². The van der Waals surface area contributed by atoms with Crippen LogP contribution in [0.5, 0.6) is 5.75 Å². The van der Waals surface area contributed by atoms with E-state index in [9.17, 15) is 0 Å². The van der Waals surface area contributed by atoms with E-state index in [4.69, 9.17) is 4.74 Å². The normalized spacial score (nSPS) is 12.6. The molecule has 1 aromatic heterocycles. The van der Waals surface area contributed by atoms with Crippen molar-refractivity contribution in [1.29, 1.82) is 0 Å². The van der Waals surface area contributed by atoms with Crippen molar-refractivity contribution in [3.63, 3.8) is 0 Å². The van der Waals surface area contributed by atoms with E-state index in [2.05, 4.69) is 49.4 Å². The summed E-state index contributed by atoms with van der Waals surface area (Å²) in [6.45, 7) is 7.22. The number of aromatic nitrogens is 2. The lowest BCUT2D eigenvalue weighted by Gasteiger charge is -2.23. The predicted molar refractivity (Wildman–Crippen MR) is 85.6 cm³/mol. The van der Waals surface area contributed by atoms with Crippen molar-refractivity contribution in [3.05, 3.63) is 47.8 Å². The first-order valence-corrected chi connectivity index (χ1v) is 7.60. The highest BCUT2D eigenvalue weighted by atomic mass is 16.5. The molecule has 2 rings (SSSR count). The van der Waals surface area contributed by atoms with Gasteiger partial charge in [-0.3, -0.25) is 4.68 Å². The van der Waals surface area contributed by atoms with E-state index < -0.39 is 0 Å². The maximum atomic E-state index is 5.97. The Hall–Kier alpha value is -1.81. The SMILES string of the molecule is CCCNC(c1ccccc1OC(C)C)c1ccnn1C. The Morgan fingerprint density at radius 2 is 2.00 bits per heavy atom. The van der Waals surface area contributed by atoms with Gasteiger partial charge in [-0.05, 0) is 38.9 Å². The Kier molecular flexibility index (Phi) is 5.39. The van der Waals surface area contributed by atoms with Crippen LogP contribution in [0.2, 0.25) is 0 Å². The molecule has 0 spiro atoms. The van der Waals surface area contributed by atoms with Crippen LogP contribution in [-0.4, -0.2) is 22.4 Å². The number of nitrogens with one attached hydrogen (secondary N) is 1. The molecule has 1 N–H and O–H groups in total. The van der Waals surface area contributed by atoms with Crippen molar-refractivity contribution >= 4 is 0 Å². The Balaban J connectivity index is 2.39. The van der Waals surface area contributed by atoms with Gasteiger partial charge in [-0.2, -0.15) is 5.10 Å². The fourth-order valence-corrected chi connectivity index (χ4v) is 2.41. The Labute approximate surface area is 127 Å². The fraction of sp³-hybridized carbons (Fsp3) is 0.471. The van der Waals surface area contributed by atoms with Crippen LogP contribution in [0.4, 0.5) is 0 Å². The number of hydrogen-bond donors (Lipinski definition) is 1. The largest absolute Gasteiger partial charge is 0.491 e. The van der Waals surface area contributed by atoms with Crippen LogP contribution in [0.1, 0.15) is 44.5 Å². The summed E-state index contributed by atoms with van der Waals surface area (Å²) in [6.07, 6.45) is 3.08. The molecule has 1 unspecified atom stereocenters. The van der Waals surface area contributed by atoms with E-state index in [0.29, 0.717) is 0 Å². The molecular formula is C17H25N3O. The number of nitrogens with zero attached hydrogens (tertiary/aromatic N) is 2. The molecule has 0 saturated carbocycles. The lowest BCUT2D eigenvalue weighted by molar-refractivity contribution is 0.238. The predicted octanol–water partition coefficient (Wildman–Crippen LogP) is 3.30. The lowest BCUT2D eigenvalue weighted by atomic mass is 10.0. The molecule has 0 aliphatic rings. The molecule has 21 heavy (non-hydrogen) atoms. The van der Waals surface area contributed by atoms with Crippen molar-refractivity contribution in [1.82, 2.24) is 15.1 Å². The quantitative estimate of drug-likeness (QED) is 0.849. The monoisotopic (exact) mass is 287 g/mol. The summed E-state index contributed by atoms with van der Waals surface area (Å²) in [6, 6.07) is 10.4. The average molecular weight is 287 g/mol. The molecule has 0 bridgehead atoms. The van der Waals surface area contributed by atoms with Gasteiger partial charge in [0.25, 0.3) is 0 Å². The summed E-state index contributed by atoms with van der Waals surface area (Å²) in [5.74, 6) is 0.933. The second kappa shape index (κ2) is 7.27. The van der Waals surface area contributed by atoms with Gasteiger partial charge in [0.2, 0.25) is 0 Å². The first-order chi connectivity index (χ1) is 10.1. The number of para-hydroxylation sites is 1. The molecule has 2 aromatic rings. The van der Waals surface area contributed by atoms with E-state index >= 15 is 0 Å². The minimum absolute atomic E-state index is 0.0902. The van der Waals surface area contributed by atoms with E-state index in [1.54, 1.807) is 0 Å². The van der Waals surface area contributed by atoms with Gasteiger partial charge in [0.15, 0.2) is 0 Å². The highest BCUT2D eigenvalue weighted by Crippen LogP contribution is 2.30. The van der Waals surface area contributed by atoms with Crippen molar-refractivity contribution in [3.8, 4) is 5.75 Å². The summed E-state index contributed by atoms with van der Waals surface area (Å²) in [4.78, 5) is 0. The summed E-state index contributed by atoms with van der Waals surface area (Å²) in [5.41, 5.74) is 2.30. The molecule has 0 aliphatic heterocycles. The van der Waals surface area contributed by atoms with Crippen LogP contribution < -0.4 is 10.1 Å². The fourth-order valence-electron chi connectivity index (χ4n) is 2.41. The third-order valence-corrected chi connectivity index (χ3v) is 3.35. The van der Waals surface area contributed by atoms with Crippen LogP contribution in [-0.2, 0) is 7.05 Å². The van der Waals surface area contributed by atoms with Gasteiger partial charge in [-0.15, -0.1) is 0 Å². The van der Waals surface area contributed by atoms with Crippen LogP contribution >= 0.6 is 0 Å². The average Bonchev–Trinajstić information content (AvgIpc) is 2.87. The lowest BCUT2D eigenvalue weighted by Crippen LogP contribution is -2.26. The third kappa shape index (κ3) is 3.85. The van der Waals surface area contributed by atoms with Gasteiger partial charge in [-0.25, -0.2) is 0 Å². The minimum Gasteiger partial charge on any atom is -0.491 e. The first kappa shape index (κ1) is 15.6. The maximum Gasteiger partial charge on any atom is 0.124 e. The van der Waals surface area contributed by atoms with Crippen LogP contribution in [0.15, 0.2) is 36.5 Å². The highest BCUT2D eigenvalue weighted by Gasteiger charge is 2.20. The minimum atomic E-state index is 0.0902. The Morgan fingerprint density at radius 1 is 1.24 bits per heavy atom. The van der Waals surface area contributed by atoms with Crippen LogP contribution in [0.3, 0.4) is 0 Å². The molecule has 0 saturated heterocycles. The number of rotatable bonds is 7. The van der Waals surface area contributed by atoms with E-state index in [0.717, 1.165) is 30.0 Å². The summed E-state index contributed by atoms with van der Waals surface area (Å²) < 4.78 is 7.89. The second-order valence-corrected chi connectivity index (χ2v) is 5.47. The first-order valence-electron chi connectivity index (χ1n) is 7.60. The van der Waals surface area contributed by atoms with Crippen molar-refractivity contribution in [2.24, 2.45) is 7.05 Å². The Bertz CT molecular complexity index is 563. The van der Waals surface area contributed by atoms with Crippen LogP contribution in [0, 0.1) is 0 Å². The molecule has 4 nitrogen and oxygen atoms in total. The molecule has 1 atom stereocenters. The summed E-state index contributed by atoms with van der Waals surface area (Å²) in [5, 5.41) is 7.90. The smallest absolute Gasteiger partial charge is 0.124 e. The molecule has 0 aliphatic carbocycles. The summed E-state index contributed by atoms with van der Waals surface area (Å²) >= 11 is 0. The highest BCUT2D eigenvalue weighted by molar-refractivity contribution is 5.40. The molecule has 1 aromatic carbocycles. The molecule has 114 valence electrons. The van der Waals surface area contributed by atoms with E-state index in [1.165, 1.54) is 0 Å². The van der Waals surface area contributed by atoms with Crippen molar-refractivity contribution in [2.75, 3.05) is 6.54 Å². The maximum absolute atomic E-state index is 5.97. The number of hydrogen-bond acceptors (Lipinski definition) is 3. The molecular weight excluding hydrogens is 262 g/mol. The molecule has 0 amide bonds. The van der Waals surface area contributed by atoms with Crippen molar-refractivity contribution < 1.29 is 4.74 Å². The van der Waals surface area contributed by atoms with Gasteiger partial charge in [0.1, 0.15) is 5.75 Å². The summed E-state index contributed by atoms with van der Waals surface area (Å²) in [7, 11) is 1.97. The molecule has 1 heterocycles. The second-order valence-electron chi connectivity index (χ2n) is 5.47. The van der Waals surface area contributed by atoms with E-state index in [-0.39, 0.29) is 12.1 Å². The zero-order chi connectivity index (χ0) is 15.2. The molecule has 0 fully saturated rings. The number of benzene rings is 1. The Morgan fingerprint density at radius 3 is 2.62 bits per heavy atom. The molecule has 4 heteroatoms. The van der Waals surface area contributed by atoms with Gasteiger partial charge < -0.3 is 10.1 Å². The number of ether oxygens (including phenoxy) is 1. The standard InChI is InChI=1S/C17H25N3O/c1-5-11-18-17(15-10-12-19-20(15)4)14-8-6-7-9-16(14)21-13(2)3/h6-10,12-13,17-18H,5,11H2,1-4H3. The third-order valence-electron chi connectivity index (χ3n) is 3.35.